The SMILES string of the molecule is CCCCCCCCCCCCN1C(=O)N[C@@H]2CS(=O)(=O)C[C@@H]21. The molecule has 0 saturated carbocycles. The summed E-state index contributed by atoms with van der Waals surface area (Å²) in [5, 5.41) is 2.81. The van der Waals surface area contributed by atoms with E-state index >= 15 is 0 Å². The lowest BCUT2D eigenvalue weighted by Crippen LogP contribution is -2.37. The van der Waals surface area contributed by atoms with Gasteiger partial charge >= 0.3 is 6.03 Å². The Labute approximate surface area is 141 Å². The summed E-state index contributed by atoms with van der Waals surface area (Å²) in [5.41, 5.74) is 0. The van der Waals surface area contributed by atoms with Crippen LogP contribution < -0.4 is 5.32 Å². The molecule has 2 heterocycles. The molecule has 2 saturated heterocycles. The van der Waals surface area contributed by atoms with E-state index in [1.54, 1.807) is 4.90 Å². The van der Waals surface area contributed by atoms with Crippen LogP contribution in [-0.2, 0) is 9.84 Å². The predicted octanol–water partition coefficient (Wildman–Crippen LogP) is 3.10. The maximum Gasteiger partial charge on any atom is 0.318 e. The second-order valence-corrected chi connectivity index (χ2v) is 9.23. The van der Waals surface area contributed by atoms with E-state index in [2.05, 4.69) is 12.2 Å². The summed E-state index contributed by atoms with van der Waals surface area (Å²) in [7, 11) is -2.97. The summed E-state index contributed by atoms with van der Waals surface area (Å²) in [6.07, 6.45) is 12.6. The van der Waals surface area contributed by atoms with Crippen molar-refractivity contribution in [1.29, 1.82) is 0 Å². The predicted molar refractivity (Wildman–Crippen MR) is 93.3 cm³/mol. The van der Waals surface area contributed by atoms with Crippen LogP contribution in [0.1, 0.15) is 71.1 Å². The van der Waals surface area contributed by atoms with E-state index in [9.17, 15) is 13.2 Å². The van der Waals surface area contributed by atoms with Crippen LogP contribution in [0.5, 0.6) is 0 Å². The van der Waals surface area contributed by atoms with Crippen molar-refractivity contribution in [3.63, 3.8) is 0 Å². The topological polar surface area (TPSA) is 66.5 Å². The molecule has 0 bridgehead atoms. The van der Waals surface area contributed by atoms with Gasteiger partial charge in [-0.05, 0) is 6.42 Å². The number of fused-ring (bicyclic) bond motifs is 1. The third kappa shape index (κ3) is 5.66. The highest BCUT2D eigenvalue weighted by molar-refractivity contribution is 7.91. The smallest absolute Gasteiger partial charge is 0.318 e. The van der Waals surface area contributed by atoms with Gasteiger partial charge in [0.25, 0.3) is 0 Å². The van der Waals surface area contributed by atoms with Gasteiger partial charge in [0.2, 0.25) is 0 Å². The summed E-state index contributed by atoms with van der Waals surface area (Å²) >= 11 is 0. The molecule has 0 aliphatic carbocycles. The van der Waals surface area contributed by atoms with Gasteiger partial charge in [0.15, 0.2) is 9.84 Å². The quantitative estimate of drug-likeness (QED) is 0.463. The summed E-state index contributed by atoms with van der Waals surface area (Å²) in [4.78, 5) is 13.7. The molecule has 2 aliphatic heterocycles. The van der Waals surface area contributed by atoms with E-state index in [1.165, 1.54) is 51.4 Å². The molecular weight excluding hydrogens is 312 g/mol. The Morgan fingerprint density at radius 3 is 2.13 bits per heavy atom. The molecule has 0 aromatic carbocycles. The van der Waals surface area contributed by atoms with Crippen LogP contribution >= 0.6 is 0 Å². The molecule has 2 aliphatic rings. The van der Waals surface area contributed by atoms with Crippen molar-refractivity contribution in [2.75, 3.05) is 18.1 Å². The Bertz CT molecular complexity index is 478. The summed E-state index contributed by atoms with van der Waals surface area (Å²) < 4.78 is 23.3. The summed E-state index contributed by atoms with van der Waals surface area (Å²) in [6, 6.07) is -0.396. The minimum absolute atomic E-state index is 0.0779. The van der Waals surface area contributed by atoms with Crippen molar-refractivity contribution in [3.8, 4) is 0 Å². The Hall–Kier alpha value is -0.780. The zero-order chi connectivity index (χ0) is 16.7. The molecule has 5 nitrogen and oxygen atoms in total. The molecule has 0 aromatic heterocycles. The average Bonchev–Trinajstić information content (AvgIpc) is 2.92. The van der Waals surface area contributed by atoms with Gasteiger partial charge in [0.05, 0.1) is 23.6 Å². The minimum Gasteiger partial charge on any atom is -0.332 e. The Kier molecular flexibility index (Phi) is 7.18. The molecule has 2 amide bonds. The lowest BCUT2D eigenvalue weighted by molar-refractivity contribution is 0.205. The Morgan fingerprint density at radius 1 is 0.957 bits per heavy atom. The van der Waals surface area contributed by atoms with Crippen molar-refractivity contribution in [2.24, 2.45) is 0 Å². The van der Waals surface area contributed by atoms with Gasteiger partial charge in [0, 0.05) is 6.54 Å². The average molecular weight is 345 g/mol. The first-order valence-electron chi connectivity index (χ1n) is 9.31. The molecule has 2 rings (SSSR count). The van der Waals surface area contributed by atoms with Crippen molar-refractivity contribution in [1.82, 2.24) is 10.2 Å². The maximum absolute atomic E-state index is 11.9. The zero-order valence-corrected chi connectivity index (χ0v) is 15.2. The fourth-order valence-corrected chi connectivity index (χ4v) is 5.62. The minimum atomic E-state index is -2.97. The first-order chi connectivity index (χ1) is 11.0. The highest BCUT2D eigenvalue weighted by Crippen LogP contribution is 2.24. The summed E-state index contributed by atoms with van der Waals surface area (Å²) in [6.45, 7) is 2.93. The Morgan fingerprint density at radius 2 is 1.52 bits per heavy atom. The van der Waals surface area contributed by atoms with Crippen LogP contribution in [0.3, 0.4) is 0 Å². The third-order valence-corrected chi connectivity index (χ3v) is 6.76. The van der Waals surface area contributed by atoms with Gasteiger partial charge in [-0.3, -0.25) is 0 Å². The molecule has 6 heteroatoms. The standard InChI is InChI=1S/C17H32N2O3S/c1-2-3-4-5-6-7-8-9-10-11-12-19-16-14-23(21,22)13-15(16)18-17(19)20/h15-16H,2-14H2,1H3,(H,18,20)/t15-,16+/m1/s1. The zero-order valence-electron chi connectivity index (χ0n) is 14.4. The molecule has 2 fully saturated rings. The van der Waals surface area contributed by atoms with Crippen molar-refractivity contribution in [2.45, 2.75) is 83.2 Å². The fourth-order valence-electron chi connectivity index (χ4n) is 3.70. The van der Waals surface area contributed by atoms with Crippen LogP contribution in [0.15, 0.2) is 0 Å². The van der Waals surface area contributed by atoms with Gasteiger partial charge in [-0.2, -0.15) is 0 Å². The van der Waals surface area contributed by atoms with Gasteiger partial charge in [-0.1, -0.05) is 64.7 Å². The Balaban J connectivity index is 1.53. The van der Waals surface area contributed by atoms with Gasteiger partial charge in [0.1, 0.15) is 0 Å². The molecule has 23 heavy (non-hydrogen) atoms. The normalized spacial score (nSPS) is 25.6. The summed E-state index contributed by atoms with van der Waals surface area (Å²) in [5.74, 6) is 0.242. The highest BCUT2D eigenvalue weighted by atomic mass is 32.2. The number of unbranched alkanes of at least 4 members (excludes halogenated alkanes) is 9. The molecule has 0 aromatic rings. The van der Waals surface area contributed by atoms with Gasteiger partial charge in [-0.15, -0.1) is 0 Å². The number of carbonyl (C=O) groups excluding carboxylic acids is 1. The van der Waals surface area contributed by atoms with Crippen molar-refractivity contribution < 1.29 is 13.2 Å². The first kappa shape index (κ1) is 18.6. The van der Waals surface area contributed by atoms with Crippen molar-refractivity contribution >= 4 is 15.9 Å². The van der Waals surface area contributed by atoms with E-state index in [0.29, 0.717) is 6.54 Å². The van der Waals surface area contributed by atoms with Crippen molar-refractivity contribution in [3.05, 3.63) is 0 Å². The second kappa shape index (κ2) is 8.90. The van der Waals surface area contributed by atoms with Crippen LogP contribution in [0.25, 0.3) is 0 Å². The number of nitrogens with one attached hydrogen (secondary N) is 1. The van der Waals surface area contributed by atoms with E-state index in [4.69, 9.17) is 0 Å². The fraction of sp³-hybridized carbons (Fsp3) is 0.941. The molecular formula is C17H32N2O3S. The number of carbonyl (C=O) groups is 1. The molecule has 0 radical (unpaired) electrons. The van der Waals surface area contributed by atoms with E-state index < -0.39 is 9.84 Å². The van der Waals surface area contributed by atoms with E-state index in [1.807, 2.05) is 0 Å². The van der Waals surface area contributed by atoms with E-state index in [-0.39, 0.29) is 29.6 Å². The van der Waals surface area contributed by atoms with Gasteiger partial charge < -0.3 is 10.2 Å². The monoisotopic (exact) mass is 344 g/mol. The number of amides is 2. The van der Waals surface area contributed by atoms with Crippen LogP contribution in [0.4, 0.5) is 4.79 Å². The van der Waals surface area contributed by atoms with Crippen LogP contribution in [0, 0.1) is 0 Å². The van der Waals surface area contributed by atoms with Gasteiger partial charge in [-0.25, -0.2) is 13.2 Å². The van der Waals surface area contributed by atoms with E-state index in [0.717, 1.165) is 12.8 Å². The number of hydrogen-bond acceptors (Lipinski definition) is 3. The molecule has 0 spiro atoms. The largest absolute Gasteiger partial charge is 0.332 e. The number of hydrogen-bond donors (Lipinski definition) is 1. The molecule has 2 atom stereocenters. The lowest BCUT2D eigenvalue weighted by Gasteiger charge is -2.21. The molecule has 134 valence electrons. The van der Waals surface area contributed by atoms with Crippen LogP contribution in [-0.4, -0.2) is 49.5 Å². The highest BCUT2D eigenvalue weighted by Gasteiger charge is 2.48. The maximum atomic E-state index is 11.9. The second-order valence-electron chi connectivity index (χ2n) is 7.08. The molecule has 1 N–H and O–H groups in total. The number of nitrogens with zero attached hydrogens (tertiary/aromatic N) is 1. The van der Waals surface area contributed by atoms with Crippen LogP contribution in [0.2, 0.25) is 0 Å². The number of rotatable bonds is 11. The third-order valence-electron chi connectivity index (χ3n) is 5.05. The number of urea groups is 1. The lowest BCUT2D eigenvalue weighted by atomic mass is 10.1. The molecule has 0 unspecified atom stereocenters. The number of sulfone groups is 1. The first-order valence-corrected chi connectivity index (χ1v) is 11.1.